The molecule has 1 fully saturated rings. The second-order valence-corrected chi connectivity index (χ2v) is 4.67. The van der Waals surface area contributed by atoms with Gasteiger partial charge in [0.2, 0.25) is 11.5 Å². The van der Waals surface area contributed by atoms with E-state index in [0.717, 1.165) is 0 Å². The monoisotopic (exact) mass is 278 g/mol. The first-order valence-electron chi connectivity index (χ1n) is 6.51. The first-order valence-corrected chi connectivity index (χ1v) is 6.51. The predicted molar refractivity (Wildman–Crippen MR) is 73.5 cm³/mol. The molecular formula is C13H18N4O3. The number of hydrogen-bond acceptors (Lipinski definition) is 4. The largest absolute Gasteiger partial charge is 0.358 e. The zero-order valence-corrected chi connectivity index (χ0v) is 11.4. The molecule has 1 aromatic rings. The Bertz CT molecular complexity index is 547. The molecule has 7 nitrogen and oxygen atoms in total. The summed E-state index contributed by atoms with van der Waals surface area (Å²) in [5.41, 5.74) is 0.0198. The summed E-state index contributed by atoms with van der Waals surface area (Å²) in [5.74, 6) is -0.209. The number of aromatic amines is 1. The van der Waals surface area contributed by atoms with Crippen LogP contribution >= 0.6 is 0 Å². The molecule has 1 aliphatic rings. The summed E-state index contributed by atoms with van der Waals surface area (Å²) in [4.78, 5) is 40.9. The van der Waals surface area contributed by atoms with E-state index in [9.17, 15) is 14.4 Å². The molecule has 0 aliphatic carbocycles. The number of rotatable bonds is 3. The minimum atomic E-state index is -0.283. The van der Waals surface area contributed by atoms with Crippen LogP contribution in [0.25, 0.3) is 0 Å². The maximum Gasteiger partial charge on any atom is 0.270 e. The third-order valence-corrected chi connectivity index (χ3v) is 3.30. The zero-order valence-electron chi connectivity index (χ0n) is 11.4. The van der Waals surface area contributed by atoms with Crippen LogP contribution in [0, 0.1) is 0 Å². The lowest BCUT2D eigenvalue weighted by atomic mass is 10.2. The molecule has 2 N–H and O–H groups in total. The van der Waals surface area contributed by atoms with Crippen LogP contribution < -0.4 is 10.9 Å². The van der Waals surface area contributed by atoms with Crippen LogP contribution in [0.5, 0.6) is 0 Å². The number of nitrogens with zero attached hydrogens (tertiary/aromatic N) is 2. The van der Waals surface area contributed by atoms with Crippen molar-refractivity contribution in [1.29, 1.82) is 0 Å². The molecule has 7 heteroatoms. The van der Waals surface area contributed by atoms with Gasteiger partial charge in [0.1, 0.15) is 5.69 Å². The van der Waals surface area contributed by atoms with E-state index in [1.807, 2.05) is 4.90 Å². The second-order valence-electron chi connectivity index (χ2n) is 4.67. The van der Waals surface area contributed by atoms with Crippen molar-refractivity contribution in [3.05, 3.63) is 34.2 Å². The topological polar surface area (TPSA) is 85.5 Å². The number of nitrogens with one attached hydrogen (secondary N) is 2. The molecule has 0 radical (unpaired) electrons. The third kappa shape index (κ3) is 3.45. The summed E-state index contributed by atoms with van der Waals surface area (Å²) in [6.45, 7) is 2.74. The smallest absolute Gasteiger partial charge is 0.270 e. The number of hydrogen-bond donors (Lipinski definition) is 2. The first kappa shape index (κ1) is 14.3. The van der Waals surface area contributed by atoms with Crippen molar-refractivity contribution in [3.63, 3.8) is 0 Å². The van der Waals surface area contributed by atoms with Gasteiger partial charge < -0.3 is 15.2 Å². The third-order valence-electron chi connectivity index (χ3n) is 3.30. The fourth-order valence-electron chi connectivity index (χ4n) is 2.13. The van der Waals surface area contributed by atoms with Gasteiger partial charge in [0.25, 0.3) is 5.91 Å². The molecule has 0 aromatic carbocycles. The number of pyridine rings is 1. The molecule has 0 atom stereocenters. The Labute approximate surface area is 116 Å². The van der Waals surface area contributed by atoms with Crippen molar-refractivity contribution in [2.24, 2.45) is 0 Å². The van der Waals surface area contributed by atoms with E-state index in [-0.39, 0.29) is 17.4 Å². The molecule has 1 aromatic heterocycles. The van der Waals surface area contributed by atoms with Gasteiger partial charge in [0.15, 0.2) is 0 Å². The standard InChI is InChI=1S/C13H18N4O3/c1-14-12(19)9-16-5-7-17(8-6-16)13(20)10-3-2-4-11(18)15-10/h2-4H,5-9H2,1H3,(H,14,19)(H,15,18). The molecule has 0 bridgehead atoms. The van der Waals surface area contributed by atoms with Gasteiger partial charge in [0, 0.05) is 39.3 Å². The summed E-state index contributed by atoms with van der Waals surface area (Å²) in [5, 5.41) is 2.58. The Kier molecular flexibility index (Phi) is 4.52. The van der Waals surface area contributed by atoms with Gasteiger partial charge in [-0.3, -0.25) is 19.3 Å². The van der Waals surface area contributed by atoms with Gasteiger partial charge in [-0.15, -0.1) is 0 Å². The Morgan fingerprint density at radius 2 is 1.95 bits per heavy atom. The van der Waals surface area contributed by atoms with E-state index in [0.29, 0.717) is 38.4 Å². The zero-order chi connectivity index (χ0) is 14.5. The lowest BCUT2D eigenvalue weighted by Gasteiger charge is -2.34. The van der Waals surface area contributed by atoms with Crippen molar-refractivity contribution in [1.82, 2.24) is 20.1 Å². The average molecular weight is 278 g/mol. The summed E-state index contributed by atoms with van der Waals surface area (Å²) >= 11 is 0. The molecule has 0 unspecified atom stereocenters. The molecular weight excluding hydrogens is 260 g/mol. The molecule has 2 rings (SSSR count). The average Bonchev–Trinajstić information content (AvgIpc) is 2.47. The number of carbonyl (C=O) groups is 2. The Morgan fingerprint density at radius 3 is 2.55 bits per heavy atom. The van der Waals surface area contributed by atoms with Crippen LogP contribution in [-0.2, 0) is 4.79 Å². The first-order chi connectivity index (χ1) is 9.60. The molecule has 1 aliphatic heterocycles. The van der Waals surface area contributed by atoms with Crippen LogP contribution in [0.15, 0.2) is 23.0 Å². The normalized spacial score (nSPS) is 15.9. The maximum absolute atomic E-state index is 12.2. The van der Waals surface area contributed by atoms with Crippen molar-refractivity contribution < 1.29 is 9.59 Å². The lowest BCUT2D eigenvalue weighted by molar-refractivity contribution is -0.122. The van der Waals surface area contributed by atoms with Gasteiger partial charge in [0.05, 0.1) is 6.54 Å². The van der Waals surface area contributed by atoms with Gasteiger partial charge >= 0.3 is 0 Å². The highest BCUT2D eigenvalue weighted by atomic mass is 16.2. The lowest BCUT2D eigenvalue weighted by Crippen LogP contribution is -2.51. The maximum atomic E-state index is 12.2. The van der Waals surface area contributed by atoms with Crippen LogP contribution in [0.1, 0.15) is 10.5 Å². The van der Waals surface area contributed by atoms with Crippen LogP contribution in [0.4, 0.5) is 0 Å². The molecule has 2 amide bonds. The Morgan fingerprint density at radius 1 is 1.25 bits per heavy atom. The number of amides is 2. The van der Waals surface area contributed by atoms with Crippen molar-refractivity contribution in [2.75, 3.05) is 39.8 Å². The molecule has 1 saturated heterocycles. The Balaban J connectivity index is 1.92. The van der Waals surface area contributed by atoms with Crippen molar-refractivity contribution >= 4 is 11.8 Å². The van der Waals surface area contributed by atoms with Crippen LogP contribution in [0.3, 0.4) is 0 Å². The van der Waals surface area contributed by atoms with E-state index in [4.69, 9.17) is 0 Å². The van der Waals surface area contributed by atoms with Crippen LogP contribution in [0.2, 0.25) is 0 Å². The minimum Gasteiger partial charge on any atom is -0.358 e. The van der Waals surface area contributed by atoms with E-state index < -0.39 is 0 Å². The number of likely N-dealkylation sites (N-methyl/N-ethyl adjacent to an activating group) is 1. The highest BCUT2D eigenvalue weighted by Gasteiger charge is 2.23. The number of piperazine rings is 1. The number of carbonyl (C=O) groups excluding carboxylic acids is 2. The number of H-pyrrole nitrogens is 1. The minimum absolute atomic E-state index is 0.0304. The van der Waals surface area contributed by atoms with E-state index in [1.165, 1.54) is 6.07 Å². The number of aromatic nitrogens is 1. The summed E-state index contributed by atoms with van der Waals surface area (Å²) in [6.07, 6.45) is 0. The second kappa shape index (κ2) is 6.33. The SMILES string of the molecule is CNC(=O)CN1CCN(C(=O)c2cccc(=O)[nH]2)CC1. The Hall–Kier alpha value is -2.15. The fourth-order valence-corrected chi connectivity index (χ4v) is 2.13. The fraction of sp³-hybridized carbons (Fsp3) is 0.462. The molecule has 0 spiro atoms. The van der Waals surface area contributed by atoms with Crippen molar-refractivity contribution in [2.45, 2.75) is 0 Å². The summed E-state index contributed by atoms with van der Waals surface area (Å²) < 4.78 is 0. The van der Waals surface area contributed by atoms with Gasteiger partial charge in [-0.25, -0.2) is 0 Å². The molecule has 2 heterocycles. The molecule has 0 saturated carbocycles. The van der Waals surface area contributed by atoms with Gasteiger partial charge in [-0.1, -0.05) is 6.07 Å². The van der Waals surface area contributed by atoms with Crippen LogP contribution in [-0.4, -0.2) is 66.4 Å². The summed E-state index contributed by atoms with van der Waals surface area (Å²) in [6, 6.07) is 4.53. The highest BCUT2D eigenvalue weighted by Crippen LogP contribution is 2.05. The van der Waals surface area contributed by atoms with Gasteiger partial charge in [-0.2, -0.15) is 0 Å². The van der Waals surface area contributed by atoms with E-state index in [1.54, 1.807) is 24.1 Å². The highest BCUT2D eigenvalue weighted by molar-refractivity contribution is 5.92. The van der Waals surface area contributed by atoms with Gasteiger partial charge in [-0.05, 0) is 6.07 Å². The predicted octanol–water partition coefficient (Wildman–Crippen LogP) is -1.12. The molecule has 20 heavy (non-hydrogen) atoms. The molecule has 108 valence electrons. The quantitative estimate of drug-likeness (QED) is 0.733. The van der Waals surface area contributed by atoms with Crippen molar-refractivity contribution in [3.8, 4) is 0 Å². The summed E-state index contributed by atoms with van der Waals surface area (Å²) in [7, 11) is 1.61. The van der Waals surface area contributed by atoms with E-state index in [2.05, 4.69) is 10.3 Å². The van der Waals surface area contributed by atoms with E-state index >= 15 is 0 Å².